The summed E-state index contributed by atoms with van der Waals surface area (Å²) in [6.07, 6.45) is 1.42. The van der Waals surface area contributed by atoms with E-state index in [4.69, 9.17) is 5.73 Å². The second kappa shape index (κ2) is 3.87. The van der Waals surface area contributed by atoms with E-state index < -0.39 is 6.10 Å². The molecule has 1 amide bonds. The van der Waals surface area contributed by atoms with Crippen molar-refractivity contribution in [3.8, 4) is 0 Å². The number of nitrogens with two attached hydrogens (primary N) is 1. The Kier molecular flexibility index (Phi) is 3.05. The fraction of sp³-hybridized carbons (Fsp3) is 0.875. The average molecular weight is 172 g/mol. The lowest BCUT2D eigenvalue weighted by atomic mass is 10.1. The fourth-order valence-corrected chi connectivity index (χ4v) is 1.72. The largest absolute Gasteiger partial charge is 0.391 e. The van der Waals surface area contributed by atoms with Gasteiger partial charge in [-0.2, -0.15) is 0 Å². The summed E-state index contributed by atoms with van der Waals surface area (Å²) in [6, 6.07) is -0.0129. The molecule has 0 spiro atoms. The minimum atomic E-state index is -0.442. The summed E-state index contributed by atoms with van der Waals surface area (Å²) >= 11 is 0. The van der Waals surface area contributed by atoms with Gasteiger partial charge in [0.25, 0.3) is 0 Å². The van der Waals surface area contributed by atoms with Crippen molar-refractivity contribution in [2.75, 3.05) is 13.1 Å². The topological polar surface area (TPSA) is 66.6 Å². The average Bonchev–Trinajstić information content (AvgIpc) is 2.50. The highest BCUT2D eigenvalue weighted by atomic mass is 16.3. The van der Waals surface area contributed by atoms with Gasteiger partial charge in [-0.15, -0.1) is 0 Å². The summed E-state index contributed by atoms with van der Waals surface area (Å²) in [5.74, 6) is -0.0570. The number of carbonyl (C=O) groups excluding carboxylic acids is 1. The third-order valence-corrected chi connectivity index (χ3v) is 2.35. The molecule has 0 saturated carbocycles. The SMILES string of the molecule is C[C@@H](O)[C@H]1CCCN1C(=O)CN. The number of nitrogens with zero attached hydrogens (tertiary/aromatic N) is 1. The molecule has 4 nitrogen and oxygen atoms in total. The van der Waals surface area contributed by atoms with Gasteiger partial charge in [0.05, 0.1) is 18.7 Å². The maximum Gasteiger partial charge on any atom is 0.236 e. The molecule has 1 saturated heterocycles. The molecule has 0 aromatic heterocycles. The maximum absolute atomic E-state index is 11.2. The molecular weight excluding hydrogens is 156 g/mol. The van der Waals surface area contributed by atoms with Crippen LogP contribution in [0.15, 0.2) is 0 Å². The van der Waals surface area contributed by atoms with E-state index in [1.807, 2.05) is 0 Å². The molecule has 0 aromatic rings. The zero-order valence-corrected chi connectivity index (χ0v) is 7.36. The van der Waals surface area contributed by atoms with Crippen molar-refractivity contribution in [3.63, 3.8) is 0 Å². The Hall–Kier alpha value is -0.610. The van der Waals surface area contributed by atoms with Crippen molar-refractivity contribution in [1.82, 2.24) is 4.90 Å². The molecule has 70 valence electrons. The van der Waals surface area contributed by atoms with Crippen LogP contribution in [0.5, 0.6) is 0 Å². The van der Waals surface area contributed by atoms with Gasteiger partial charge in [0.1, 0.15) is 0 Å². The third-order valence-electron chi connectivity index (χ3n) is 2.35. The Morgan fingerprint density at radius 1 is 1.83 bits per heavy atom. The molecule has 2 atom stereocenters. The molecule has 3 N–H and O–H groups in total. The molecule has 0 unspecified atom stereocenters. The van der Waals surface area contributed by atoms with Crippen LogP contribution in [0.3, 0.4) is 0 Å². The van der Waals surface area contributed by atoms with Gasteiger partial charge in [0.2, 0.25) is 5.91 Å². The van der Waals surface area contributed by atoms with Crippen molar-refractivity contribution in [1.29, 1.82) is 0 Å². The minimum absolute atomic E-state index is 0.0129. The molecule has 1 fully saturated rings. The fourth-order valence-electron chi connectivity index (χ4n) is 1.72. The Labute approximate surface area is 72.3 Å². The maximum atomic E-state index is 11.2. The van der Waals surface area contributed by atoms with E-state index in [1.165, 1.54) is 0 Å². The summed E-state index contributed by atoms with van der Waals surface area (Å²) < 4.78 is 0. The monoisotopic (exact) mass is 172 g/mol. The van der Waals surface area contributed by atoms with Gasteiger partial charge in [-0.25, -0.2) is 0 Å². The molecule has 4 heteroatoms. The molecular formula is C8H16N2O2. The molecule has 0 radical (unpaired) electrons. The second-order valence-electron chi connectivity index (χ2n) is 3.24. The summed E-state index contributed by atoms with van der Waals surface area (Å²) in [4.78, 5) is 12.9. The quantitative estimate of drug-likeness (QED) is 0.580. The highest BCUT2D eigenvalue weighted by Crippen LogP contribution is 2.19. The smallest absolute Gasteiger partial charge is 0.236 e. The first-order valence-electron chi connectivity index (χ1n) is 4.34. The number of hydrogen-bond acceptors (Lipinski definition) is 3. The van der Waals surface area contributed by atoms with Crippen LogP contribution < -0.4 is 5.73 Å². The van der Waals surface area contributed by atoms with Crippen LogP contribution in [-0.4, -0.2) is 41.1 Å². The number of aliphatic hydroxyl groups is 1. The van der Waals surface area contributed by atoms with E-state index in [1.54, 1.807) is 11.8 Å². The Balaban J connectivity index is 2.57. The lowest BCUT2D eigenvalue weighted by Gasteiger charge is -2.26. The van der Waals surface area contributed by atoms with E-state index in [0.29, 0.717) is 0 Å². The van der Waals surface area contributed by atoms with Gasteiger partial charge in [0.15, 0.2) is 0 Å². The molecule has 1 aliphatic heterocycles. The highest BCUT2D eigenvalue weighted by molar-refractivity contribution is 5.78. The van der Waals surface area contributed by atoms with Gasteiger partial charge in [-0.05, 0) is 19.8 Å². The Morgan fingerprint density at radius 3 is 3.00 bits per heavy atom. The highest BCUT2D eigenvalue weighted by Gasteiger charge is 2.30. The summed E-state index contributed by atoms with van der Waals surface area (Å²) in [5.41, 5.74) is 5.24. The zero-order chi connectivity index (χ0) is 9.14. The minimum Gasteiger partial charge on any atom is -0.391 e. The van der Waals surface area contributed by atoms with Crippen LogP contribution >= 0.6 is 0 Å². The summed E-state index contributed by atoms with van der Waals surface area (Å²) in [7, 11) is 0. The Morgan fingerprint density at radius 2 is 2.50 bits per heavy atom. The first kappa shape index (κ1) is 9.48. The molecule has 1 heterocycles. The van der Waals surface area contributed by atoms with E-state index in [0.717, 1.165) is 19.4 Å². The predicted molar refractivity (Wildman–Crippen MR) is 45.5 cm³/mol. The van der Waals surface area contributed by atoms with Crippen LogP contribution in [0.1, 0.15) is 19.8 Å². The standard InChI is InChI=1S/C8H16N2O2/c1-6(11)7-3-2-4-10(7)8(12)5-9/h6-7,11H,2-5,9H2,1H3/t6-,7-/m1/s1. The normalized spacial score (nSPS) is 25.9. The lowest BCUT2D eigenvalue weighted by molar-refractivity contribution is -0.132. The van der Waals surface area contributed by atoms with Crippen LogP contribution in [-0.2, 0) is 4.79 Å². The van der Waals surface area contributed by atoms with E-state index >= 15 is 0 Å². The Bertz CT molecular complexity index is 170. The number of amides is 1. The van der Waals surface area contributed by atoms with Crippen molar-refractivity contribution >= 4 is 5.91 Å². The van der Waals surface area contributed by atoms with Crippen LogP contribution in [0, 0.1) is 0 Å². The van der Waals surface area contributed by atoms with E-state index in [2.05, 4.69) is 0 Å². The van der Waals surface area contributed by atoms with Gasteiger partial charge in [-0.1, -0.05) is 0 Å². The lowest BCUT2D eigenvalue weighted by Crippen LogP contribution is -2.44. The number of likely N-dealkylation sites (tertiary alicyclic amines) is 1. The predicted octanol–water partition coefficient (Wildman–Crippen LogP) is -0.683. The van der Waals surface area contributed by atoms with Gasteiger partial charge < -0.3 is 15.7 Å². The van der Waals surface area contributed by atoms with Gasteiger partial charge in [0, 0.05) is 6.54 Å². The van der Waals surface area contributed by atoms with Gasteiger partial charge in [-0.3, -0.25) is 4.79 Å². The van der Waals surface area contributed by atoms with Gasteiger partial charge >= 0.3 is 0 Å². The molecule has 1 aliphatic rings. The molecule has 12 heavy (non-hydrogen) atoms. The summed E-state index contributed by atoms with van der Waals surface area (Å²) in [6.45, 7) is 2.50. The van der Waals surface area contributed by atoms with E-state index in [-0.39, 0.29) is 18.5 Å². The number of hydrogen-bond donors (Lipinski definition) is 2. The van der Waals surface area contributed by atoms with Crippen molar-refractivity contribution in [3.05, 3.63) is 0 Å². The second-order valence-corrected chi connectivity index (χ2v) is 3.24. The number of carbonyl (C=O) groups is 1. The number of aliphatic hydroxyl groups excluding tert-OH is 1. The van der Waals surface area contributed by atoms with Crippen molar-refractivity contribution in [2.45, 2.75) is 31.9 Å². The van der Waals surface area contributed by atoms with Crippen molar-refractivity contribution in [2.24, 2.45) is 5.73 Å². The van der Waals surface area contributed by atoms with Crippen LogP contribution in [0.4, 0.5) is 0 Å². The van der Waals surface area contributed by atoms with E-state index in [9.17, 15) is 9.90 Å². The van der Waals surface area contributed by atoms with Crippen LogP contribution in [0.2, 0.25) is 0 Å². The molecule has 0 aliphatic carbocycles. The van der Waals surface area contributed by atoms with Crippen LogP contribution in [0.25, 0.3) is 0 Å². The van der Waals surface area contributed by atoms with Crippen molar-refractivity contribution < 1.29 is 9.90 Å². The first-order chi connectivity index (χ1) is 5.66. The first-order valence-corrected chi connectivity index (χ1v) is 4.34. The molecule has 0 bridgehead atoms. The molecule has 1 rings (SSSR count). The zero-order valence-electron chi connectivity index (χ0n) is 7.36. The number of rotatable bonds is 2. The summed E-state index contributed by atoms with van der Waals surface area (Å²) in [5, 5.41) is 9.33. The third kappa shape index (κ3) is 1.76. The molecule has 0 aromatic carbocycles.